The van der Waals surface area contributed by atoms with E-state index in [1.807, 2.05) is 7.05 Å². The largest absolute Gasteiger partial charge is 0.480 e. The van der Waals surface area contributed by atoms with Crippen molar-refractivity contribution in [2.24, 2.45) is 0 Å². The number of amides is 1. The Morgan fingerprint density at radius 1 is 1.37 bits per heavy atom. The quantitative estimate of drug-likeness (QED) is 0.815. The predicted octanol–water partition coefficient (Wildman–Crippen LogP) is 1.28. The molecule has 2 aliphatic rings. The van der Waals surface area contributed by atoms with Crippen molar-refractivity contribution in [2.45, 2.75) is 50.1 Å². The van der Waals surface area contributed by atoms with E-state index in [1.165, 1.54) is 23.1 Å². The van der Waals surface area contributed by atoms with E-state index in [4.69, 9.17) is 5.11 Å². The summed E-state index contributed by atoms with van der Waals surface area (Å²) in [5.74, 6) is 0.109. The van der Waals surface area contributed by atoms with Gasteiger partial charge < -0.3 is 15.3 Å². The van der Waals surface area contributed by atoms with Crippen LogP contribution in [0.15, 0.2) is 0 Å². The third-order valence-electron chi connectivity index (χ3n) is 4.32. The van der Waals surface area contributed by atoms with Gasteiger partial charge in [-0.15, -0.1) is 11.8 Å². The minimum absolute atomic E-state index is 0.0198. The average Bonchev–Trinajstić information content (AvgIpc) is 2.89. The first-order chi connectivity index (χ1) is 9.08. The van der Waals surface area contributed by atoms with Gasteiger partial charge in [0, 0.05) is 17.7 Å². The molecule has 0 spiro atoms. The molecule has 108 valence electrons. The molecule has 0 aromatic carbocycles. The van der Waals surface area contributed by atoms with Crippen LogP contribution in [0.4, 0.5) is 0 Å². The number of carboxylic acids is 1. The zero-order chi connectivity index (χ0) is 13.9. The van der Waals surface area contributed by atoms with Crippen molar-refractivity contribution < 1.29 is 14.7 Å². The van der Waals surface area contributed by atoms with Gasteiger partial charge in [-0.25, -0.2) is 4.79 Å². The molecule has 1 aliphatic heterocycles. The summed E-state index contributed by atoms with van der Waals surface area (Å²) in [6.45, 7) is 0. The van der Waals surface area contributed by atoms with Gasteiger partial charge in [-0.2, -0.15) is 0 Å². The van der Waals surface area contributed by atoms with E-state index in [9.17, 15) is 9.59 Å². The lowest BCUT2D eigenvalue weighted by atomic mass is 9.79. The number of carboxylic acid groups (broad SMARTS) is 1. The molecule has 1 amide bonds. The molecular weight excluding hydrogens is 264 g/mol. The van der Waals surface area contributed by atoms with Crippen molar-refractivity contribution in [1.82, 2.24) is 10.2 Å². The van der Waals surface area contributed by atoms with Crippen LogP contribution in [0.3, 0.4) is 0 Å². The molecule has 0 radical (unpaired) electrons. The number of thioether (sulfide) groups is 1. The molecular formula is C13H22N2O3S. The summed E-state index contributed by atoms with van der Waals surface area (Å²) >= 11 is 1.52. The Morgan fingerprint density at radius 2 is 2.05 bits per heavy atom. The molecule has 6 heteroatoms. The third kappa shape index (κ3) is 3.23. The Hall–Kier alpha value is -0.750. The molecule has 2 fully saturated rings. The summed E-state index contributed by atoms with van der Waals surface area (Å²) in [5.41, 5.74) is -0.119. The van der Waals surface area contributed by atoms with E-state index in [0.29, 0.717) is 18.1 Å². The van der Waals surface area contributed by atoms with Crippen LogP contribution in [0.5, 0.6) is 0 Å². The van der Waals surface area contributed by atoms with E-state index < -0.39 is 12.0 Å². The smallest absolute Gasteiger partial charge is 0.327 e. The average molecular weight is 286 g/mol. The van der Waals surface area contributed by atoms with Crippen LogP contribution in [0, 0.1) is 0 Å². The van der Waals surface area contributed by atoms with Crippen LogP contribution in [0.2, 0.25) is 0 Å². The molecule has 2 N–H and O–H groups in total. The summed E-state index contributed by atoms with van der Waals surface area (Å²) in [6.07, 6.45) is 5.96. The second-order valence-corrected chi connectivity index (χ2v) is 6.48. The second kappa shape index (κ2) is 6.13. The lowest BCUT2D eigenvalue weighted by molar-refractivity contribution is -0.148. The maximum atomic E-state index is 12.4. The van der Waals surface area contributed by atoms with Gasteiger partial charge in [0.05, 0.1) is 5.88 Å². The highest BCUT2D eigenvalue weighted by molar-refractivity contribution is 7.99. The number of carbonyl (C=O) groups is 2. The maximum absolute atomic E-state index is 12.4. The molecule has 19 heavy (non-hydrogen) atoms. The van der Waals surface area contributed by atoms with Crippen molar-refractivity contribution in [2.75, 3.05) is 18.7 Å². The van der Waals surface area contributed by atoms with Crippen LogP contribution < -0.4 is 5.32 Å². The van der Waals surface area contributed by atoms with E-state index in [-0.39, 0.29) is 11.4 Å². The molecule has 1 unspecified atom stereocenters. The molecule has 0 aromatic heterocycles. The first-order valence-electron chi connectivity index (χ1n) is 6.87. The highest BCUT2D eigenvalue weighted by Crippen LogP contribution is 2.32. The maximum Gasteiger partial charge on any atom is 0.327 e. The number of nitrogens with one attached hydrogen (secondary N) is 1. The molecule has 5 nitrogen and oxygen atoms in total. The predicted molar refractivity (Wildman–Crippen MR) is 75.1 cm³/mol. The minimum atomic E-state index is -0.888. The van der Waals surface area contributed by atoms with E-state index in [0.717, 1.165) is 25.7 Å². The molecule has 1 heterocycles. The Kier molecular flexibility index (Phi) is 4.73. The van der Waals surface area contributed by atoms with Crippen LogP contribution >= 0.6 is 11.8 Å². The van der Waals surface area contributed by atoms with Crippen molar-refractivity contribution in [3.05, 3.63) is 0 Å². The zero-order valence-corrected chi connectivity index (χ0v) is 12.2. The van der Waals surface area contributed by atoms with Gasteiger partial charge in [-0.1, -0.05) is 19.3 Å². The SMILES string of the molecule is CNC1(CC(=O)N2CSCC2C(=O)O)CCCCC1. The summed E-state index contributed by atoms with van der Waals surface area (Å²) in [4.78, 5) is 25.1. The molecule has 0 aromatic rings. The Balaban J connectivity index is 2.01. The number of hydrogen-bond acceptors (Lipinski definition) is 4. The number of nitrogens with zero attached hydrogens (tertiary/aromatic N) is 1. The third-order valence-corrected chi connectivity index (χ3v) is 5.33. The van der Waals surface area contributed by atoms with Crippen LogP contribution in [0.25, 0.3) is 0 Å². The lowest BCUT2D eigenvalue weighted by Gasteiger charge is -2.38. The van der Waals surface area contributed by atoms with E-state index >= 15 is 0 Å². The summed E-state index contributed by atoms with van der Waals surface area (Å²) in [6, 6.07) is -0.644. The Morgan fingerprint density at radius 3 is 2.63 bits per heavy atom. The van der Waals surface area contributed by atoms with Crippen LogP contribution in [-0.4, -0.2) is 52.1 Å². The molecule has 0 bridgehead atoms. The fourth-order valence-electron chi connectivity index (χ4n) is 3.03. The standard InChI is InChI=1S/C13H22N2O3S/c1-14-13(5-3-2-4-6-13)7-11(16)15-9-19-8-10(15)12(17)18/h10,14H,2-9H2,1H3,(H,17,18). The van der Waals surface area contributed by atoms with Gasteiger partial charge in [0.2, 0.25) is 5.91 Å². The summed E-state index contributed by atoms with van der Waals surface area (Å²) < 4.78 is 0. The van der Waals surface area contributed by atoms with Crippen LogP contribution in [-0.2, 0) is 9.59 Å². The number of carbonyl (C=O) groups excluding carboxylic acids is 1. The molecule has 1 aliphatic carbocycles. The molecule has 1 saturated heterocycles. The highest BCUT2D eigenvalue weighted by atomic mass is 32.2. The van der Waals surface area contributed by atoms with E-state index in [1.54, 1.807) is 0 Å². The van der Waals surface area contributed by atoms with Crippen molar-refractivity contribution in [3.63, 3.8) is 0 Å². The van der Waals surface area contributed by atoms with Gasteiger partial charge in [0.25, 0.3) is 0 Å². The normalized spacial score (nSPS) is 26.4. The number of hydrogen-bond donors (Lipinski definition) is 2. The summed E-state index contributed by atoms with van der Waals surface area (Å²) in [5, 5.41) is 12.5. The van der Waals surface area contributed by atoms with Gasteiger partial charge >= 0.3 is 5.97 Å². The highest BCUT2D eigenvalue weighted by Gasteiger charge is 2.39. The molecule has 1 saturated carbocycles. The summed E-state index contributed by atoms with van der Waals surface area (Å²) in [7, 11) is 1.91. The van der Waals surface area contributed by atoms with Gasteiger partial charge in [-0.05, 0) is 19.9 Å². The Bertz CT molecular complexity index is 356. The first kappa shape index (κ1) is 14.7. The first-order valence-corrected chi connectivity index (χ1v) is 8.02. The number of aliphatic carboxylic acids is 1. The lowest BCUT2D eigenvalue weighted by Crippen LogP contribution is -2.51. The van der Waals surface area contributed by atoms with Gasteiger partial charge in [0.15, 0.2) is 0 Å². The Labute approximate surface area is 118 Å². The van der Waals surface area contributed by atoms with Crippen LogP contribution in [0.1, 0.15) is 38.5 Å². The monoisotopic (exact) mass is 286 g/mol. The molecule has 2 rings (SSSR count). The van der Waals surface area contributed by atoms with E-state index in [2.05, 4.69) is 5.32 Å². The minimum Gasteiger partial charge on any atom is -0.480 e. The fourth-order valence-corrected chi connectivity index (χ4v) is 4.20. The molecule has 1 atom stereocenters. The topological polar surface area (TPSA) is 69.6 Å². The second-order valence-electron chi connectivity index (χ2n) is 5.49. The number of rotatable bonds is 4. The fraction of sp³-hybridized carbons (Fsp3) is 0.846. The zero-order valence-electron chi connectivity index (χ0n) is 11.4. The van der Waals surface area contributed by atoms with Gasteiger partial charge in [-0.3, -0.25) is 4.79 Å². The van der Waals surface area contributed by atoms with Crippen molar-refractivity contribution in [1.29, 1.82) is 0 Å². The van der Waals surface area contributed by atoms with Crippen molar-refractivity contribution in [3.8, 4) is 0 Å². The van der Waals surface area contributed by atoms with Gasteiger partial charge in [0.1, 0.15) is 6.04 Å². The van der Waals surface area contributed by atoms with Crippen molar-refractivity contribution >= 4 is 23.6 Å².